The Morgan fingerprint density at radius 1 is 1.27 bits per heavy atom. The molecule has 1 atom stereocenters. The van der Waals surface area contributed by atoms with Gasteiger partial charge in [0, 0.05) is 23.9 Å². The lowest BCUT2D eigenvalue weighted by Crippen LogP contribution is -2.39. The zero-order valence-electron chi connectivity index (χ0n) is 18.3. The number of likely N-dealkylation sites (tertiary alicyclic amines) is 1. The molecule has 33 heavy (non-hydrogen) atoms. The van der Waals surface area contributed by atoms with E-state index < -0.39 is 27.8 Å². The van der Waals surface area contributed by atoms with Gasteiger partial charge in [-0.25, -0.2) is 12.8 Å². The predicted molar refractivity (Wildman–Crippen MR) is 123 cm³/mol. The van der Waals surface area contributed by atoms with Gasteiger partial charge in [0.25, 0.3) is 11.5 Å². The molecular weight excluding hydrogens is 473 g/mol. The number of hydrogen-bond acceptors (Lipinski definition) is 5. The van der Waals surface area contributed by atoms with Crippen molar-refractivity contribution < 1.29 is 17.6 Å². The second-order valence-corrected chi connectivity index (χ2v) is 10.4. The van der Waals surface area contributed by atoms with Crippen molar-refractivity contribution in [1.82, 2.24) is 19.5 Å². The van der Waals surface area contributed by atoms with Crippen molar-refractivity contribution in [2.45, 2.75) is 39.2 Å². The molecule has 0 unspecified atom stereocenters. The number of aromatic amines is 1. The molecule has 4 rings (SSSR count). The van der Waals surface area contributed by atoms with Crippen LogP contribution in [-0.4, -0.2) is 46.6 Å². The van der Waals surface area contributed by atoms with Gasteiger partial charge in [-0.3, -0.25) is 14.3 Å². The van der Waals surface area contributed by atoms with Gasteiger partial charge in [0.1, 0.15) is 11.5 Å². The van der Waals surface area contributed by atoms with Crippen LogP contribution >= 0.6 is 11.6 Å². The first-order chi connectivity index (χ1) is 15.5. The number of nitrogens with zero attached hydrogens (tertiary/aromatic N) is 3. The van der Waals surface area contributed by atoms with E-state index in [4.69, 9.17) is 11.6 Å². The summed E-state index contributed by atoms with van der Waals surface area (Å²) >= 11 is 6.09. The summed E-state index contributed by atoms with van der Waals surface area (Å²) in [5.74, 6) is -1.34. The SMILES string of the molecule is Cc1[nH]c2cc([C@@H]3CCCCN3C(=O)c3cc(F)cc(Cl)c3NS(C)(=O)=O)nn2c(=O)c1C. The lowest BCUT2D eigenvalue weighted by molar-refractivity contribution is 0.0606. The summed E-state index contributed by atoms with van der Waals surface area (Å²) in [7, 11) is -3.78. The Kier molecular flexibility index (Phi) is 5.95. The number of carbonyl (C=O) groups is 1. The van der Waals surface area contributed by atoms with E-state index in [0.29, 0.717) is 36.3 Å². The first-order valence-corrected chi connectivity index (χ1v) is 12.6. The molecule has 2 aromatic heterocycles. The number of rotatable bonds is 4. The van der Waals surface area contributed by atoms with Crippen LogP contribution < -0.4 is 10.3 Å². The van der Waals surface area contributed by atoms with Crippen LogP contribution in [0, 0.1) is 19.7 Å². The molecule has 176 valence electrons. The van der Waals surface area contributed by atoms with Crippen LogP contribution in [0.1, 0.15) is 52.6 Å². The number of sulfonamides is 1. The number of benzene rings is 1. The summed E-state index contributed by atoms with van der Waals surface area (Å²) in [6.07, 6.45) is 3.04. The number of piperidine rings is 1. The average molecular weight is 496 g/mol. The third-order valence-electron chi connectivity index (χ3n) is 5.80. The van der Waals surface area contributed by atoms with Crippen LogP contribution in [-0.2, 0) is 10.0 Å². The van der Waals surface area contributed by atoms with Gasteiger partial charge in [0.2, 0.25) is 10.0 Å². The van der Waals surface area contributed by atoms with Crippen LogP contribution in [0.25, 0.3) is 5.65 Å². The van der Waals surface area contributed by atoms with Crippen LogP contribution in [0.2, 0.25) is 5.02 Å². The minimum atomic E-state index is -3.78. The first-order valence-electron chi connectivity index (χ1n) is 10.3. The van der Waals surface area contributed by atoms with Gasteiger partial charge in [-0.15, -0.1) is 0 Å². The van der Waals surface area contributed by atoms with Crippen molar-refractivity contribution in [3.05, 3.63) is 61.9 Å². The Morgan fingerprint density at radius 2 is 2.00 bits per heavy atom. The molecule has 2 N–H and O–H groups in total. The Hall–Kier alpha value is -2.92. The fourth-order valence-electron chi connectivity index (χ4n) is 4.08. The van der Waals surface area contributed by atoms with Crippen molar-refractivity contribution in [2.24, 2.45) is 0 Å². The van der Waals surface area contributed by atoms with Gasteiger partial charge in [-0.1, -0.05) is 11.6 Å². The topological polar surface area (TPSA) is 117 Å². The van der Waals surface area contributed by atoms with Gasteiger partial charge in [0.15, 0.2) is 0 Å². The Morgan fingerprint density at radius 3 is 2.70 bits per heavy atom. The Labute approximate surface area is 194 Å². The normalized spacial score (nSPS) is 16.9. The number of aryl methyl sites for hydroxylation is 1. The molecule has 0 aliphatic carbocycles. The van der Waals surface area contributed by atoms with Crippen molar-refractivity contribution in [2.75, 3.05) is 17.5 Å². The minimum Gasteiger partial charge on any atom is -0.343 e. The molecule has 0 bridgehead atoms. The van der Waals surface area contributed by atoms with Crippen LogP contribution in [0.4, 0.5) is 10.1 Å². The second kappa shape index (κ2) is 8.45. The molecule has 1 aliphatic rings. The molecule has 1 saturated heterocycles. The number of halogens is 2. The number of H-pyrrole nitrogens is 1. The highest BCUT2D eigenvalue weighted by Crippen LogP contribution is 2.35. The molecule has 0 spiro atoms. The molecule has 3 heterocycles. The average Bonchev–Trinajstić information content (AvgIpc) is 3.16. The lowest BCUT2D eigenvalue weighted by Gasteiger charge is -2.35. The van der Waals surface area contributed by atoms with Crippen molar-refractivity contribution in [3.63, 3.8) is 0 Å². The molecule has 0 saturated carbocycles. The maximum Gasteiger partial charge on any atom is 0.277 e. The van der Waals surface area contributed by atoms with Crippen molar-refractivity contribution in [1.29, 1.82) is 0 Å². The molecule has 12 heteroatoms. The number of fused-ring (bicyclic) bond motifs is 1. The van der Waals surface area contributed by atoms with Crippen LogP contribution in [0.5, 0.6) is 0 Å². The highest BCUT2D eigenvalue weighted by Gasteiger charge is 2.33. The number of anilines is 1. The fraction of sp³-hybridized carbons (Fsp3) is 0.381. The van der Waals surface area contributed by atoms with Gasteiger partial charge in [0.05, 0.1) is 34.3 Å². The minimum absolute atomic E-state index is 0.175. The summed E-state index contributed by atoms with van der Waals surface area (Å²) in [6.45, 7) is 3.86. The quantitative estimate of drug-likeness (QED) is 0.576. The molecule has 0 radical (unpaired) electrons. The molecule has 3 aromatic rings. The van der Waals surface area contributed by atoms with Gasteiger partial charge in [-0.2, -0.15) is 9.61 Å². The molecule has 1 aliphatic heterocycles. The number of aromatic nitrogens is 3. The summed E-state index contributed by atoms with van der Waals surface area (Å²) < 4.78 is 41.3. The van der Waals surface area contributed by atoms with Crippen LogP contribution in [0.15, 0.2) is 23.0 Å². The van der Waals surface area contributed by atoms with E-state index in [1.807, 2.05) is 0 Å². The van der Waals surface area contributed by atoms with Crippen LogP contribution in [0.3, 0.4) is 0 Å². The van der Waals surface area contributed by atoms with Gasteiger partial charge in [-0.05, 0) is 45.2 Å². The number of hydrogen-bond donors (Lipinski definition) is 2. The smallest absolute Gasteiger partial charge is 0.277 e. The summed E-state index contributed by atoms with van der Waals surface area (Å²) in [4.78, 5) is 30.8. The standard InChI is InChI=1S/C21H23ClFN5O4S/c1-11-12(2)24-18-10-16(25-28(18)20(11)29)17-6-4-5-7-27(17)21(30)14-8-13(23)9-15(22)19(14)26-33(3,31)32/h8-10,17,24,26H,4-7H2,1-3H3/t17-/m0/s1. The number of amides is 1. The summed E-state index contributed by atoms with van der Waals surface area (Å²) in [5, 5.41) is 4.23. The largest absolute Gasteiger partial charge is 0.343 e. The molecule has 1 fully saturated rings. The monoisotopic (exact) mass is 495 g/mol. The van der Waals surface area contributed by atoms with Crippen molar-refractivity contribution >= 4 is 38.9 Å². The van der Waals surface area contributed by atoms with Crippen molar-refractivity contribution in [3.8, 4) is 0 Å². The van der Waals surface area contributed by atoms with E-state index in [1.54, 1.807) is 19.9 Å². The zero-order chi connectivity index (χ0) is 24.1. The third kappa shape index (κ3) is 4.47. The van der Waals surface area contributed by atoms with E-state index in [2.05, 4.69) is 14.8 Å². The van der Waals surface area contributed by atoms with E-state index >= 15 is 0 Å². The lowest BCUT2D eigenvalue weighted by atomic mass is 9.98. The van der Waals surface area contributed by atoms with E-state index in [1.165, 1.54) is 9.42 Å². The van der Waals surface area contributed by atoms with E-state index in [-0.39, 0.29) is 21.8 Å². The molecule has 1 aromatic carbocycles. The van der Waals surface area contributed by atoms with E-state index in [0.717, 1.165) is 30.5 Å². The summed E-state index contributed by atoms with van der Waals surface area (Å²) in [6, 6.07) is 3.15. The fourth-order valence-corrected chi connectivity index (χ4v) is 4.98. The molecule has 1 amide bonds. The van der Waals surface area contributed by atoms with Gasteiger partial charge < -0.3 is 9.88 Å². The highest BCUT2D eigenvalue weighted by atomic mass is 35.5. The van der Waals surface area contributed by atoms with E-state index in [9.17, 15) is 22.4 Å². The summed E-state index contributed by atoms with van der Waals surface area (Å²) in [5.41, 5.74) is 1.67. The Bertz CT molecular complexity index is 1430. The maximum atomic E-state index is 14.2. The molecule has 9 nitrogen and oxygen atoms in total. The Balaban J connectivity index is 1.79. The zero-order valence-corrected chi connectivity index (χ0v) is 19.8. The number of nitrogens with one attached hydrogen (secondary N) is 2. The molecular formula is C21H23ClFN5O4S. The number of carbonyl (C=O) groups excluding carboxylic acids is 1. The highest BCUT2D eigenvalue weighted by molar-refractivity contribution is 7.92. The van der Waals surface area contributed by atoms with Gasteiger partial charge >= 0.3 is 0 Å². The maximum absolute atomic E-state index is 14.2. The third-order valence-corrected chi connectivity index (χ3v) is 6.67. The predicted octanol–water partition coefficient (Wildman–Crippen LogP) is 3.17. The second-order valence-electron chi connectivity index (χ2n) is 8.24. The first kappa shape index (κ1) is 23.2.